The molecule has 2 heterocycles. The molecule has 202 valence electrons. The van der Waals surface area contributed by atoms with Gasteiger partial charge in [0.25, 0.3) is 0 Å². The lowest BCUT2D eigenvalue weighted by Crippen LogP contribution is -2.00. The van der Waals surface area contributed by atoms with Crippen LogP contribution in [0.4, 0.5) is 0 Å². The first-order chi connectivity index (χ1) is 21.3. The molecule has 1 aliphatic rings. The van der Waals surface area contributed by atoms with Crippen LogP contribution in [0.5, 0.6) is 0 Å². The minimum atomic E-state index is 0.643. The van der Waals surface area contributed by atoms with Gasteiger partial charge in [-0.3, -0.25) is 4.98 Å². The molecule has 0 aliphatic heterocycles. The van der Waals surface area contributed by atoms with E-state index in [1.165, 1.54) is 22.3 Å². The summed E-state index contributed by atoms with van der Waals surface area (Å²) in [5, 5.41) is 0. The van der Waals surface area contributed by atoms with Crippen LogP contribution in [0.3, 0.4) is 0 Å². The van der Waals surface area contributed by atoms with Crippen molar-refractivity contribution < 1.29 is 0 Å². The standard InChI is InChI=1S/C39H26N4/c1-3-11-26(12-4-1)28-16-9-18-31(23-28)38-41-37(27-13-5-2-6-14-27)42-39(43-38)32-19-10-17-29(24-32)33-21-22-40-36-34-20-8-7-15-30(34)25-35(33)36/h1-24H,25H2. The molecule has 0 saturated heterocycles. The van der Waals surface area contributed by atoms with Gasteiger partial charge in [-0.15, -0.1) is 0 Å². The summed E-state index contributed by atoms with van der Waals surface area (Å²) in [6.45, 7) is 0. The molecule has 0 atom stereocenters. The number of hydrogen-bond acceptors (Lipinski definition) is 4. The van der Waals surface area contributed by atoms with Gasteiger partial charge in [0, 0.05) is 34.9 Å². The predicted octanol–water partition coefficient (Wildman–Crippen LogP) is 9.17. The highest BCUT2D eigenvalue weighted by Gasteiger charge is 2.23. The lowest BCUT2D eigenvalue weighted by Gasteiger charge is -2.12. The van der Waals surface area contributed by atoms with Gasteiger partial charge < -0.3 is 0 Å². The van der Waals surface area contributed by atoms with Crippen molar-refractivity contribution in [3.8, 4) is 67.7 Å². The summed E-state index contributed by atoms with van der Waals surface area (Å²) in [4.78, 5) is 19.7. The van der Waals surface area contributed by atoms with Crippen LogP contribution in [0, 0.1) is 0 Å². The maximum absolute atomic E-state index is 5.04. The molecule has 0 spiro atoms. The van der Waals surface area contributed by atoms with E-state index in [1.807, 2.05) is 42.6 Å². The fraction of sp³-hybridized carbons (Fsp3) is 0.0256. The molecule has 0 bridgehead atoms. The van der Waals surface area contributed by atoms with Crippen LogP contribution in [-0.2, 0) is 6.42 Å². The smallest absolute Gasteiger partial charge is 0.164 e. The Morgan fingerprint density at radius 3 is 1.65 bits per heavy atom. The molecule has 4 heteroatoms. The van der Waals surface area contributed by atoms with Gasteiger partial charge in [0.15, 0.2) is 17.5 Å². The van der Waals surface area contributed by atoms with Crippen molar-refractivity contribution in [3.63, 3.8) is 0 Å². The molecule has 0 N–H and O–H groups in total. The first kappa shape index (κ1) is 25.0. The van der Waals surface area contributed by atoms with Crippen LogP contribution in [0.2, 0.25) is 0 Å². The molecule has 43 heavy (non-hydrogen) atoms. The third-order valence-electron chi connectivity index (χ3n) is 8.02. The largest absolute Gasteiger partial charge is 0.256 e. The van der Waals surface area contributed by atoms with Gasteiger partial charge in [0.2, 0.25) is 0 Å². The van der Waals surface area contributed by atoms with E-state index in [1.54, 1.807) is 0 Å². The lowest BCUT2D eigenvalue weighted by atomic mass is 9.97. The van der Waals surface area contributed by atoms with Gasteiger partial charge in [0.05, 0.1) is 5.69 Å². The van der Waals surface area contributed by atoms with Gasteiger partial charge in [-0.25, -0.2) is 15.0 Å². The fourth-order valence-electron chi connectivity index (χ4n) is 5.91. The first-order valence-electron chi connectivity index (χ1n) is 14.4. The summed E-state index contributed by atoms with van der Waals surface area (Å²) in [5.41, 5.74) is 12.3. The summed E-state index contributed by atoms with van der Waals surface area (Å²) in [5.74, 6) is 1.94. The van der Waals surface area contributed by atoms with Crippen LogP contribution >= 0.6 is 0 Å². The number of pyridine rings is 1. The molecule has 0 saturated carbocycles. The zero-order valence-corrected chi connectivity index (χ0v) is 23.4. The van der Waals surface area contributed by atoms with Crippen LogP contribution < -0.4 is 0 Å². The Kier molecular flexibility index (Phi) is 6.16. The van der Waals surface area contributed by atoms with E-state index in [0.717, 1.165) is 45.5 Å². The second-order valence-corrected chi connectivity index (χ2v) is 10.7. The maximum atomic E-state index is 5.04. The molecular formula is C39H26N4. The molecule has 7 aromatic rings. The van der Waals surface area contributed by atoms with E-state index >= 15 is 0 Å². The normalized spacial score (nSPS) is 11.6. The second kappa shape index (κ2) is 10.6. The number of rotatable bonds is 5. The van der Waals surface area contributed by atoms with Crippen molar-refractivity contribution in [1.29, 1.82) is 0 Å². The zero-order valence-electron chi connectivity index (χ0n) is 23.4. The van der Waals surface area contributed by atoms with Gasteiger partial charge >= 0.3 is 0 Å². The topological polar surface area (TPSA) is 51.6 Å². The third-order valence-corrected chi connectivity index (χ3v) is 8.02. The van der Waals surface area contributed by atoms with E-state index in [0.29, 0.717) is 17.5 Å². The Morgan fingerprint density at radius 1 is 0.395 bits per heavy atom. The summed E-state index contributed by atoms with van der Waals surface area (Å²) < 4.78 is 0. The Balaban J connectivity index is 1.25. The van der Waals surface area contributed by atoms with E-state index in [-0.39, 0.29) is 0 Å². The molecule has 0 unspecified atom stereocenters. The molecule has 1 aliphatic carbocycles. The van der Waals surface area contributed by atoms with Gasteiger partial charge in [-0.05, 0) is 51.6 Å². The van der Waals surface area contributed by atoms with Crippen molar-refractivity contribution >= 4 is 0 Å². The Labute approximate surface area is 250 Å². The molecule has 0 radical (unpaired) electrons. The quantitative estimate of drug-likeness (QED) is 0.214. The number of fused-ring (bicyclic) bond motifs is 3. The summed E-state index contributed by atoms with van der Waals surface area (Å²) in [7, 11) is 0. The molecule has 5 aromatic carbocycles. The summed E-state index contributed by atoms with van der Waals surface area (Å²) in [6, 6.07) is 48.1. The molecule has 4 nitrogen and oxygen atoms in total. The molecule has 2 aromatic heterocycles. The van der Waals surface area contributed by atoms with Crippen LogP contribution in [-0.4, -0.2) is 19.9 Å². The maximum Gasteiger partial charge on any atom is 0.164 e. The van der Waals surface area contributed by atoms with E-state index in [4.69, 9.17) is 19.9 Å². The van der Waals surface area contributed by atoms with Crippen molar-refractivity contribution in [3.05, 3.63) is 157 Å². The van der Waals surface area contributed by atoms with Crippen molar-refractivity contribution in [2.45, 2.75) is 6.42 Å². The van der Waals surface area contributed by atoms with Crippen molar-refractivity contribution in [1.82, 2.24) is 19.9 Å². The van der Waals surface area contributed by atoms with Gasteiger partial charge in [-0.1, -0.05) is 121 Å². The van der Waals surface area contributed by atoms with Crippen LogP contribution in [0.15, 0.2) is 146 Å². The average Bonchev–Trinajstić information content (AvgIpc) is 3.48. The number of hydrogen-bond donors (Lipinski definition) is 0. The van der Waals surface area contributed by atoms with Crippen molar-refractivity contribution in [2.24, 2.45) is 0 Å². The van der Waals surface area contributed by atoms with Crippen LogP contribution in [0.1, 0.15) is 11.1 Å². The van der Waals surface area contributed by atoms with Gasteiger partial charge in [0.1, 0.15) is 0 Å². The zero-order chi connectivity index (χ0) is 28.6. The number of benzene rings is 5. The molecule has 0 fully saturated rings. The highest BCUT2D eigenvalue weighted by atomic mass is 15.0. The van der Waals surface area contributed by atoms with E-state index < -0.39 is 0 Å². The fourth-order valence-corrected chi connectivity index (χ4v) is 5.91. The van der Waals surface area contributed by atoms with Crippen molar-refractivity contribution in [2.75, 3.05) is 0 Å². The average molecular weight is 551 g/mol. The minimum absolute atomic E-state index is 0.643. The molecule has 0 amide bonds. The van der Waals surface area contributed by atoms with Crippen LogP contribution in [0.25, 0.3) is 67.7 Å². The second-order valence-electron chi connectivity index (χ2n) is 10.7. The summed E-state index contributed by atoms with van der Waals surface area (Å²) in [6.07, 6.45) is 2.79. The van der Waals surface area contributed by atoms with E-state index in [2.05, 4.69) is 103 Å². The Morgan fingerprint density at radius 2 is 0.930 bits per heavy atom. The number of aromatic nitrogens is 4. The third kappa shape index (κ3) is 4.69. The lowest BCUT2D eigenvalue weighted by molar-refractivity contribution is 1.07. The Bertz CT molecular complexity index is 2100. The highest BCUT2D eigenvalue weighted by molar-refractivity contribution is 5.83. The minimum Gasteiger partial charge on any atom is -0.256 e. The monoisotopic (exact) mass is 550 g/mol. The first-order valence-corrected chi connectivity index (χ1v) is 14.4. The van der Waals surface area contributed by atoms with E-state index in [9.17, 15) is 0 Å². The molecule has 8 rings (SSSR count). The Hall–Kier alpha value is -5.74. The van der Waals surface area contributed by atoms with Gasteiger partial charge in [-0.2, -0.15) is 0 Å². The number of nitrogens with zero attached hydrogens (tertiary/aromatic N) is 4. The summed E-state index contributed by atoms with van der Waals surface area (Å²) >= 11 is 0. The SMILES string of the molecule is c1ccc(-c2cccc(-c3nc(-c4ccccc4)nc(-c4cccc(-c5ccnc6c5Cc5ccccc5-6)c4)n3)c2)cc1. The molecular weight excluding hydrogens is 524 g/mol. The predicted molar refractivity (Wildman–Crippen MR) is 173 cm³/mol. The highest BCUT2D eigenvalue weighted by Crippen LogP contribution is 2.40.